The lowest BCUT2D eigenvalue weighted by Gasteiger charge is -2.12. The van der Waals surface area contributed by atoms with Gasteiger partial charge in [-0.15, -0.1) is 0 Å². The fourth-order valence-electron chi connectivity index (χ4n) is 1.74. The maximum Gasteiger partial charge on any atom is 0.423 e. The summed E-state index contributed by atoms with van der Waals surface area (Å²) in [6, 6.07) is 0. The van der Waals surface area contributed by atoms with Crippen LogP contribution in [0.5, 0.6) is 0 Å². The van der Waals surface area contributed by atoms with Gasteiger partial charge in [0.15, 0.2) is 0 Å². The predicted octanol–water partition coefficient (Wildman–Crippen LogP) is 3.78. The first-order valence-electron chi connectivity index (χ1n) is 6.59. The van der Waals surface area contributed by atoms with Crippen molar-refractivity contribution in [2.75, 3.05) is 0 Å². The van der Waals surface area contributed by atoms with Gasteiger partial charge in [0.25, 0.3) is 0 Å². The minimum Gasteiger partial charge on any atom is -0.389 e. The molecular weight excluding hydrogens is 267 g/mol. The molecule has 0 fully saturated rings. The van der Waals surface area contributed by atoms with Gasteiger partial charge in [-0.3, -0.25) is 4.99 Å². The van der Waals surface area contributed by atoms with Gasteiger partial charge in [-0.1, -0.05) is 24.3 Å². The van der Waals surface area contributed by atoms with Gasteiger partial charge in [0.2, 0.25) is 0 Å². The molecule has 1 aliphatic heterocycles. The van der Waals surface area contributed by atoms with Crippen LogP contribution in [0, 0.1) is 11.8 Å². The van der Waals surface area contributed by atoms with E-state index in [2.05, 4.69) is 16.8 Å². The fraction of sp³-hybridized carbons (Fsp3) is 0.533. The number of hydrogen-bond donors (Lipinski definition) is 1. The van der Waals surface area contributed by atoms with Crippen LogP contribution in [0.1, 0.15) is 39.0 Å². The van der Waals surface area contributed by atoms with Crippen LogP contribution in [0.15, 0.2) is 28.4 Å². The third-order valence-corrected chi connectivity index (χ3v) is 2.78. The second-order valence-electron chi connectivity index (χ2n) is 4.50. The minimum absolute atomic E-state index is 0.245. The van der Waals surface area contributed by atoms with Gasteiger partial charge in [-0.05, 0) is 31.8 Å². The summed E-state index contributed by atoms with van der Waals surface area (Å²) in [5, 5.41) is 9.70. The highest BCUT2D eigenvalue weighted by molar-refractivity contribution is 5.60. The van der Waals surface area contributed by atoms with E-state index < -0.39 is 17.9 Å². The molecule has 5 heteroatoms. The Kier molecular flexibility index (Phi) is 6.53. The maximum absolute atomic E-state index is 12.7. The van der Waals surface area contributed by atoms with Gasteiger partial charge < -0.3 is 5.11 Å². The van der Waals surface area contributed by atoms with Crippen molar-refractivity contribution in [1.82, 2.24) is 0 Å². The lowest BCUT2D eigenvalue weighted by molar-refractivity contribution is -0.0880. The summed E-state index contributed by atoms with van der Waals surface area (Å²) < 4.78 is 38.1. The quantitative estimate of drug-likeness (QED) is 0.783. The molecule has 0 aliphatic carbocycles. The molecule has 0 amide bonds. The minimum atomic E-state index is -4.52. The number of aliphatic imine (C=N–C) groups is 1. The molecule has 0 aromatic carbocycles. The van der Waals surface area contributed by atoms with Crippen LogP contribution < -0.4 is 0 Å². The summed E-state index contributed by atoms with van der Waals surface area (Å²) in [5.41, 5.74) is 0.0793. The first-order valence-corrected chi connectivity index (χ1v) is 6.59. The van der Waals surface area contributed by atoms with Gasteiger partial charge in [0, 0.05) is 18.8 Å². The molecule has 1 rings (SSSR count). The molecule has 1 heterocycles. The zero-order valence-electron chi connectivity index (χ0n) is 11.4. The van der Waals surface area contributed by atoms with Crippen molar-refractivity contribution < 1.29 is 18.3 Å². The van der Waals surface area contributed by atoms with E-state index in [-0.39, 0.29) is 6.42 Å². The number of aliphatic hydroxyl groups is 1. The molecule has 0 saturated heterocycles. The van der Waals surface area contributed by atoms with E-state index in [0.717, 1.165) is 24.5 Å². The number of rotatable bonds is 4. The van der Waals surface area contributed by atoms with E-state index in [0.29, 0.717) is 12.8 Å². The Bertz CT molecular complexity index is 464. The van der Waals surface area contributed by atoms with Gasteiger partial charge in [-0.2, -0.15) is 13.2 Å². The van der Waals surface area contributed by atoms with E-state index in [1.807, 2.05) is 0 Å². The van der Waals surface area contributed by atoms with Gasteiger partial charge in [0.1, 0.15) is 5.57 Å². The molecule has 1 N–H and O–H groups in total. The molecule has 2 nitrogen and oxygen atoms in total. The number of hydrogen-bond acceptors (Lipinski definition) is 2. The van der Waals surface area contributed by atoms with Crippen LogP contribution in [-0.2, 0) is 0 Å². The first-order chi connectivity index (χ1) is 9.43. The average molecular weight is 285 g/mol. The van der Waals surface area contributed by atoms with Crippen LogP contribution in [0.2, 0.25) is 0 Å². The van der Waals surface area contributed by atoms with Crippen LogP contribution in [-0.4, -0.2) is 23.6 Å². The number of aliphatic hydroxyl groups excluding tert-OH is 1. The topological polar surface area (TPSA) is 32.6 Å². The Balaban J connectivity index is 2.63. The van der Waals surface area contributed by atoms with Crippen LogP contribution >= 0.6 is 0 Å². The highest BCUT2D eigenvalue weighted by Gasteiger charge is 2.33. The monoisotopic (exact) mass is 285 g/mol. The molecule has 110 valence electrons. The van der Waals surface area contributed by atoms with Crippen molar-refractivity contribution in [3.63, 3.8) is 0 Å². The number of alkyl halides is 3. The van der Waals surface area contributed by atoms with E-state index in [1.165, 1.54) is 0 Å². The molecular formula is C15H18F3NO. The van der Waals surface area contributed by atoms with Crippen LogP contribution in [0.4, 0.5) is 13.2 Å². The van der Waals surface area contributed by atoms with Crippen molar-refractivity contribution in [3.8, 4) is 11.8 Å². The van der Waals surface area contributed by atoms with E-state index in [9.17, 15) is 18.3 Å². The smallest absolute Gasteiger partial charge is 0.389 e. The molecule has 1 unspecified atom stereocenters. The van der Waals surface area contributed by atoms with Crippen molar-refractivity contribution >= 4 is 6.21 Å². The number of nitrogens with zero attached hydrogens (tertiary/aromatic N) is 1. The molecule has 0 radical (unpaired) electrons. The molecule has 0 spiro atoms. The Morgan fingerprint density at radius 3 is 2.85 bits per heavy atom. The summed E-state index contributed by atoms with van der Waals surface area (Å²) in [7, 11) is 0. The standard InChI is InChI=1S/C15H18F3NO/c1-2-3-6-13(15(16,17)18)10-14(20)8-7-12-5-4-9-19-11-12/h9-11,14,20H,2,4-5,7-8H2,1H3/b13-10-. The Labute approximate surface area is 117 Å². The summed E-state index contributed by atoms with van der Waals surface area (Å²) >= 11 is 0. The number of allylic oxidation sites excluding steroid dienone is 2. The highest BCUT2D eigenvalue weighted by atomic mass is 19.4. The summed E-state index contributed by atoms with van der Waals surface area (Å²) in [6.07, 6.45) is 1.46. The third-order valence-electron chi connectivity index (χ3n) is 2.78. The SMILES string of the molecule is CCC#C/C(=C/C(O)CCC1=CN=CCC1)C(F)(F)F. The lowest BCUT2D eigenvalue weighted by atomic mass is 10.0. The van der Waals surface area contributed by atoms with E-state index in [1.54, 1.807) is 19.3 Å². The van der Waals surface area contributed by atoms with E-state index in [4.69, 9.17) is 0 Å². The Morgan fingerprint density at radius 1 is 1.55 bits per heavy atom. The van der Waals surface area contributed by atoms with Crippen LogP contribution in [0.25, 0.3) is 0 Å². The molecule has 1 aliphatic rings. The van der Waals surface area contributed by atoms with E-state index >= 15 is 0 Å². The molecule has 0 bridgehead atoms. The molecule has 0 aromatic rings. The lowest BCUT2D eigenvalue weighted by Crippen LogP contribution is -2.14. The second kappa shape index (κ2) is 7.91. The molecule has 0 aromatic heterocycles. The molecule has 20 heavy (non-hydrogen) atoms. The van der Waals surface area contributed by atoms with Gasteiger partial charge >= 0.3 is 6.18 Å². The van der Waals surface area contributed by atoms with Crippen molar-refractivity contribution in [1.29, 1.82) is 0 Å². The fourth-order valence-corrected chi connectivity index (χ4v) is 1.74. The highest BCUT2D eigenvalue weighted by Crippen LogP contribution is 2.26. The zero-order valence-corrected chi connectivity index (χ0v) is 11.4. The van der Waals surface area contributed by atoms with Crippen molar-refractivity contribution in [3.05, 3.63) is 23.4 Å². The predicted molar refractivity (Wildman–Crippen MR) is 73.3 cm³/mol. The third kappa shape index (κ3) is 6.07. The normalized spacial score (nSPS) is 17.2. The number of halogens is 3. The van der Waals surface area contributed by atoms with Crippen molar-refractivity contribution in [2.45, 2.75) is 51.3 Å². The molecule has 1 atom stereocenters. The summed E-state index contributed by atoms with van der Waals surface area (Å²) in [6.45, 7) is 1.67. The first kappa shape index (κ1) is 16.5. The van der Waals surface area contributed by atoms with Crippen LogP contribution in [0.3, 0.4) is 0 Å². The largest absolute Gasteiger partial charge is 0.423 e. The van der Waals surface area contributed by atoms with Crippen molar-refractivity contribution in [2.24, 2.45) is 4.99 Å². The summed E-state index contributed by atoms with van der Waals surface area (Å²) in [4.78, 5) is 3.99. The summed E-state index contributed by atoms with van der Waals surface area (Å²) in [5.74, 6) is 4.45. The average Bonchev–Trinajstić information content (AvgIpc) is 2.41. The maximum atomic E-state index is 12.7. The zero-order chi connectivity index (χ0) is 15.0. The Morgan fingerprint density at radius 2 is 2.30 bits per heavy atom. The van der Waals surface area contributed by atoms with Gasteiger partial charge in [0.05, 0.1) is 6.10 Å². The Hall–Kier alpha value is -1.54. The second-order valence-corrected chi connectivity index (χ2v) is 4.50. The van der Waals surface area contributed by atoms with Gasteiger partial charge in [-0.25, -0.2) is 0 Å². The molecule has 0 saturated carbocycles.